The summed E-state index contributed by atoms with van der Waals surface area (Å²) in [5.74, 6) is 1.12. The number of benzene rings is 1. The van der Waals surface area contributed by atoms with Gasteiger partial charge in [0.05, 0.1) is 13.2 Å². The molecule has 1 unspecified atom stereocenters. The predicted molar refractivity (Wildman–Crippen MR) is 145 cm³/mol. The van der Waals surface area contributed by atoms with Crippen molar-refractivity contribution in [2.45, 2.75) is 38.8 Å². The number of nitrogens with one attached hydrogen (secondary N) is 2. The molecule has 7 heteroatoms. The van der Waals surface area contributed by atoms with Gasteiger partial charge in [0.15, 0.2) is 0 Å². The Morgan fingerprint density at radius 3 is 2.69 bits per heavy atom. The molecule has 2 saturated heterocycles. The average molecular weight is 497 g/mol. The van der Waals surface area contributed by atoms with Gasteiger partial charge in [0.2, 0.25) is 5.91 Å². The number of nitrogens with zero attached hydrogens (tertiary/aromatic N) is 2. The van der Waals surface area contributed by atoms with E-state index < -0.39 is 0 Å². The number of ether oxygens (including phenoxy) is 1. The van der Waals surface area contributed by atoms with Gasteiger partial charge in [0, 0.05) is 43.0 Å². The Hall–Kier alpha value is -2.06. The third kappa shape index (κ3) is 6.58. The van der Waals surface area contributed by atoms with Crippen LogP contribution >= 0.6 is 11.9 Å². The van der Waals surface area contributed by atoms with Crippen molar-refractivity contribution in [2.75, 3.05) is 51.6 Å². The first-order chi connectivity index (χ1) is 17.1. The van der Waals surface area contributed by atoms with Crippen molar-refractivity contribution < 1.29 is 9.53 Å². The highest BCUT2D eigenvalue weighted by Gasteiger charge is 2.43. The smallest absolute Gasteiger partial charge is 0.242 e. The normalized spacial score (nSPS) is 20.8. The molecule has 0 radical (unpaired) electrons. The maximum absolute atomic E-state index is 13.6. The van der Waals surface area contributed by atoms with Crippen molar-refractivity contribution in [1.82, 2.24) is 19.8 Å². The van der Waals surface area contributed by atoms with Crippen LogP contribution in [-0.2, 0) is 16.1 Å². The van der Waals surface area contributed by atoms with E-state index in [9.17, 15) is 4.79 Å². The van der Waals surface area contributed by atoms with Crippen LogP contribution in [0.1, 0.15) is 31.7 Å². The second-order valence-electron chi connectivity index (χ2n) is 9.71. The summed E-state index contributed by atoms with van der Waals surface area (Å²) in [4.78, 5) is 18.0. The molecular weight excluding hydrogens is 456 g/mol. The summed E-state index contributed by atoms with van der Waals surface area (Å²) in [6, 6.07) is 9.80. The third-order valence-corrected chi connectivity index (χ3v) is 8.26. The van der Waals surface area contributed by atoms with Gasteiger partial charge in [-0.1, -0.05) is 61.0 Å². The Morgan fingerprint density at radius 1 is 1.26 bits per heavy atom. The third-order valence-electron chi connectivity index (χ3n) is 7.43. The van der Waals surface area contributed by atoms with E-state index in [1.165, 1.54) is 25.1 Å². The fourth-order valence-corrected chi connectivity index (χ4v) is 5.98. The molecule has 2 fully saturated rings. The predicted octanol–water partition coefficient (Wildman–Crippen LogP) is 3.74. The molecule has 1 aromatic carbocycles. The lowest BCUT2D eigenvalue weighted by Gasteiger charge is -2.41. The summed E-state index contributed by atoms with van der Waals surface area (Å²) >= 11 is 1.65. The molecule has 1 spiro atoms. The molecule has 4 rings (SSSR count). The molecule has 1 aromatic rings. The van der Waals surface area contributed by atoms with Gasteiger partial charge >= 0.3 is 0 Å². The lowest BCUT2D eigenvalue weighted by atomic mass is 9.73. The molecule has 6 nitrogen and oxygen atoms in total. The highest BCUT2D eigenvalue weighted by atomic mass is 32.2. The lowest BCUT2D eigenvalue weighted by molar-refractivity contribution is -0.136. The molecule has 1 amide bonds. The lowest BCUT2D eigenvalue weighted by Crippen LogP contribution is -2.52. The van der Waals surface area contributed by atoms with Crippen LogP contribution in [0.3, 0.4) is 0 Å². The molecule has 1 atom stereocenters. The van der Waals surface area contributed by atoms with Gasteiger partial charge in [-0.2, -0.15) is 0 Å². The molecule has 2 N–H and O–H groups in total. The fraction of sp³-hybridized carbons (Fsp3) is 0.536. The van der Waals surface area contributed by atoms with E-state index in [2.05, 4.69) is 52.7 Å². The van der Waals surface area contributed by atoms with E-state index in [0.717, 1.165) is 56.0 Å². The topological polar surface area (TPSA) is 56.8 Å². The first-order valence-corrected chi connectivity index (χ1v) is 13.9. The molecular formula is C28H40N4O2S. The van der Waals surface area contributed by atoms with Crippen LogP contribution in [0.2, 0.25) is 0 Å². The number of amides is 1. The van der Waals surface area contributed by atoms with Crippen LogP contribution in [0, 0.1) is 5.41 Å². The van der Waals surface area contributed by atoms with Crippen molar-refractivity contribution in [2.24, 2.45) is 5.41 Å². The largest absolute Gasteiger partial charge is 0.384 e. The summed E-state index contributed by atoms with van der Waals surface area (Å²) in [7, 11) is 0. The Labute approximate surface area is 215 Å². The zero-order valence-corrected chi connectivity index (χ0v) is 21.8. The number of hydrogen-bond acceptors (Lipinski definition) is 6. The van der Waals surface area contributed by atoms with Gasteiger partial charge in [0.1, 0.15) is 6.04 Å². The van der Waals surface area contributed by atoms with Gasteiger partial charge in [-0.05, 0) is 56.5 Å². The number of rotatable bonds is 12. The van der Waals surface area contributed by atoms with Crippen molar-refractivity contribution in [3.8, 4) is 0 Å². The molecule has 190 valence electrons. The van der Waals surface area contributed by atoms with E-state index in [1.54, 1.807) is 11.9 Å². The number of likely N-dealkylation sites (tertiary alicyclic amines) is 2. The van der Waals surface area contributed by atoms with E-state index >= 15 is 0 Å². The first kappa shape index (κ1) is 26.0. The van der Waals surface area contributed by atoms with Gasteiger partial charge < -0.3 is 19.9 Å². The Kier molecular flexibility index (Phi) is 9.49. The number of hydrogen-bond donors (Lipinski definition) is 2. The number of allylic oxidation sites excluding steroid dienone is 3. The molecule has 0 aromatic heterocycles. The monoisotopic (exact) mass is 496 g/mol. The minimum atomic E-state index is -0.342. The number of carbonyl (C=O) groups is 1. The first-order valence-electron chi connectivity index (χ1n) is 12.9. The zero-order chi connectivity index (χ0) is 24.5. The fourth-order valence-electron chi connectivity index (χ4n) is 5.14. The van der Waals surface area contributed by atoms with E-state index in [1.807, 2.05) is 29.2 Å². The summed E-state index contributed by atoms with van der Waals surface area (Å²) in [6.07, 6.45) is 9.46. The molecule has 0 saturated carbocycles. The van der Waals surface area contributed by atoms with Crippen LogP contribution in [0.25, 0.3) is 0 Å². The van der Waals surface area contributed by atoms with Gasteiger partial charge in [-0.15, -0.1) is 0 Å². The highest BCUT2D eigenvalue weighted by Crippen LogP contribution is 2.44. The molecule has 3 aliphatic heterocycles. The zero-order valence-electron chi connectivity index (χ0n) is 21.0. The number of carbonyl (C=O) groups excluding carboxylic acids is 1. The Bertz CT molecular complexity index is 905. The Morgan fingerprint density at radius 2 is 2.03 bits per heavy atom. The number of piperidine rings is 1. The SMILES string of the molecule is C=CC1=C(/C=C\C)C2(CCN(C(=O)C(COCc3ccccc3)NSCCN3CCC3)CC2)CN1. The second kappa shape index (κ2) is 12.8. The Balaban J connectivity index is 1.33. The van der Waals surface area contributed by atoms with Crippen molar-refractivity contribution in [3.05, 3.63) is 72.0 Å². The van der Waals surface area contributed by atoms with Gasteiger partial charge in [0.25, 0.3) is 0 Å². The van der Waals surface area contributed by atoms with Crippen LogP contribution in [0.5, 0.6) is 0 Å². The minimum Gasteiger partial charge on any atom is -0.384 e. The van der Waals surface area contributed by atoms with Gasteiger partial charge in [-0.25, -0.2) is 4.72 Å². The van der Waals surface area contributed by atoms with E-state index in [-0.39, 0.29) is 17.4 Å². The minimum absolute atomic E-state index is 0.0888. The molecule has 35 heavy (non-hydrogen) atoms. The summed E-state index contributed by atoms with van der Waals surface area (Å²) in [5, 5.41) is 3.53. The molecule has 0 bridgehead atoms. The van der Waals surface area contributed by atoms with Crippen LogP contribution in [0.4, 0.5) is 0 Å². The maximum Gasteiger partial charge on any atom is 0.242 e. The van der Waals surface area contributed by atoms with Crippen molar-refractivity contribution in [3.63, 3.8) is 0 Å². The quantitative estimate of drug-likeness (QED) is 0.340. The van der Waals surface area contributed by atoms with Crippen LogP contribution in [-0.4, -0.2) is 73.4 Å². The van der Waals surface area contributed by atoms with E-state index in [0.29, 0.717) is 13.2 Å². The van der Waals surface area contributed by atoms with Crippen LogP contribution in [0.15, 0.2) is 66.4 Å². The molecule has 0 aliphatic carbocycles. The van der Waals surface area contributed by atoms with Gasteiger partial charge in [-0.3, -0.25) is 4.79 Å². The summed E-state index contributed by atoms with van der Waals surface area (Å²) < 4.78 is 9.44. The molecule has 3 aliphatic rings. The highest BCUT2D eigenvalue weighted by molar-refractivity contribution is 7.97. The maximum atomic E-state index is 13.6. The summed E-state index contributed by atoms with van der Waals surface area (Å²) in [5.41, 5.74) is 3.69. The molecule has 3 heterocycles. The second-order valence-corrected chi connectivity index (χ2v) is 10.6. The van der Waals surface area contributed by atoms with Crippen LogP contribution < -0.4 is 10.0 Å². The average Bonchev–Trinajstić information content (AvgIpc) is 3.19. The summed E-state index contributed by atoms with van der Waals surface area (Å²) in [6.45, 7) is 12.8. The van der Waals surface area contributed by atoms with Crippen molar-refractivity contribution >= 4 is 17.9 Å². The van der Waals surface area contributed by atoms with E-state index in [4.69, 9.17) is 4.74 Å². The standard InChI is InChI=1S/C28H40N4O2S/c1-3-9-24-25(4-2)29-22-28(24)12-16-32(17-13-28)27(33)26(30-35-19-18-31-14-8-15-31)21-34-20-23-10-6-5-7-11-23/h3-7,9-11,26,29-30H,2,8,12-22H2,1H3/b9-3-. The van der Waals surface area contributed by atoms with Crippen molar-refractivity contribution in [1.29, 1.82) is 0 Å².